The van der Waals surface area contributed by atoms with Gasteiger partial charge in [-0.3, -0.25) is 9.59 Å². The SMILES string of the molecule is CCC(C)NC(=O)C(=Cc1ccccc1)NC(C)=O. The van der Waals surface area contributed by atoms with E-state index >= 15 is 0 Å². The highest BCUT2D eigenvalue weighted by molar-refractivity contribution is 6.01. The lowest BCUT2D eigenvalue weighted by Gasteiger charge is -2.14. The van der Waals surface area contributed by atoms with E-state index < -0.39 is 0 Å². The maximum Gasteiger partial charge on any atom is 0.268 e. The Morgan fingerprint density at radius 2 is 1.89 bits per heavy atom. The first-order chi connectivity index (χ1) is 9.02. The molecule has 1 aromatic rings. The van der Waals surface area contributed by atoms with Crippen molar-refractivity contribution >= 4 is 17.9 Å². The van der Waals surface area contributed by atoms with Crippen molar-refractivity contribution in [1.29, 1.82) is 0 Å². The van der Waals surface area contributed by atoms with Crippen LogP contribution in [0.2, 0.25) is 0 Å². The van der Waals surface area contributed by atoms with Crippen LogP contribution in [0, 0.1) is 0 Å². The zero-order valence-electron chi connectivity index (χ0n) is 11.6. The molecule has 4 nitrogen and oxygen atoms in total. The lowest BCUT2D eigenvalue weighted by Crippen LogP contribution is -2.38. The molecule has 0 bridgehead atoms. The molecule has 19 heavy (non-hydrogen) atoms. The second-order valence-electron chi connectivity index (χ2n) is 4.43. The fourth-order valence-corrected chi connectivity index (χ4v) is 1.47. The van der Waals surface area contributed by atoms with Gasteiger partial charge in [0, 0.05) is 13.0 Å². The first kappa shape index (κ1) is 15.0. The van der Waals surface area contributed by atoms with E-state index in [9.17, 15) is 9.59 Å². The van der Waals surface area contributed by atoms with E-state index in [-0.39, 0.29) is 23.6 Å². The number of hydrogen-bond donors (Lipinski definition) is 2. The van der Waals surface area contributed by atoms with Crippen LogP contribution >= 0.6 is 0 Å². The number of carbonyl (C=O) groups excluding carboxylic acids is 2. The fourth-order valence-electron chi connectivity index (χ4n) is 1.47. The summed E-state index contributed by atoms with van der Waals surface area (Å²) >= 11 is 0. The van der Waals surface area contributed by atoms with Crippen molar-refractivity contribution in [2.24, 2.45) is 0 Å². The average molecular weight is 260 g/mol. The van der Waals surface area contributed by atoms with Gasteiger partial charge in [0.1, 0.15) is 5.70 Å². The molecule has 4 heteroatoms. The van der Waals surface area contributed by atoms with Crippen LogP contribution in [0.4, 0.5) is 0 Å². The second kappa shape index (κ2) is 7.36. The van der Waals surface area contributed by atoms with Gasteiger partial charge in [0.05, 0.1) is 0 Å². The van der Waals surface area contributed by atoms with Gasteiger partial charge in [0.2, 0.25) is 5.91 Å². The quantitative estimate of drug-likeness (QED) is 0.796. The Kier molecular flexibility index (Phi) is 5.79. The molecule has 0 aliphatic heterocycles. The first-order valence-corrected chi connectivity index (χ1v) is 6.38. The average Bonchev–Trinajstić information content (AvgIpc) is 2.38. The van der Waals surface area contributed by atoms with Gasteiger partial charge in [-0.2, -0.15) is 0 Å². The highest BCUT2D eigenvalue weighted by Gasteiger charge is 2.12. The normalized spacial score (nSPS) is 12.7. The summed E-state index contributed by atoms with van der Waals surface area (Å²) in [5, 5.41) is 5.40. The molecule has 2 N–H and O–H groups in total. The highest BCUT2D eigenvalue weighted by Crippen LogP contribution is 2.05. The van der Waals surface area contributed by atoms with Gasteiger partial charge < -0.3 is 10.6 Å². The predicted octanol–water partition coefficient (Wildman–Crippen LogP) is 2.08. The minimum absolute atomic E-state index is 0.0698. The molecule has 2 amide bonds. The van der Waals surface area contributed by atoms with Gasteiger partial charge in [-0.05, 0) is 25.0 Å². The summed E-state index contributed by atoms with van der Waals surface area (Å²) in [5.74, 6) is -0.533. The number of rotatable bonds is 5. The van der Waals surface area contributed by atoms with Crippen molar-refractivity contribution in [2.75, 3.05) is 0 Å². The minimum atomic E-state index is -0.270. The number of nitrogens with one attached hydrogen (secondary N) is 2. The Balaban J connectivity index is 2.91. The summed E-state index contributed by atoms with van der Waals surface area (Å²) in [5.41, 5.74) is 1.13. The molecular formula is C15H20N2O2. The van der Waals surface area contributed by atoms with Crippen molar-refractivity contribution in [3.63, 3.8) is 0 Å². The topological polar surface area (TPSA) is 58.2 Å². The lowest BCUT2D eigenvalue weighted by atomic mass is 10.1. The van der Waals surface area contributed by atoms with Crippen LogP contribution < -0.4 is 10.6 Å². The van der Waals surface area contributed by atoms with E-state index in [4.69, 9.17) is 0 Å². The molecule has 0 aliphatic carbocycles. The third-order valence-corrected chi connectivity index (χ3v) is 2.66. The van der Waals surface area contributed by atoms with Gasteiger partial charge in [0.25, 0.3) is 5.91 Å². The Morgan fingerprint density at radius 1 is 1.26 bits per heavy atom. The van der Waals surface area contributed by atoms with Crippen molar-refractivity contribution in [3.8, 4) is 0 Å². The maximum absolute atomic E-state index is 12.1. The molecule has 1 atom stereocenters. The van der Waals surface area contributed by atoms with E-state index in [1.807, 2.05) is 44.2 Å². The van der Waals surface area contributed by atoms with Gasteiger partial charge in [-0.15, -0.1) is 0 Å². The first-order valence-electron chi connectivity index (χ1n) is 6.38. The summed E-state index contributed by atoms with van der Waals surface area (Å²) in [6, 6.07) is 9.47. The zero-order chi connectivity index (χ0) is 14.3. The van der Waals surface area contributed by atoms with Gasteiger partial charge in [-0.1, -0.05) is 37.3 Å². The number of hydrogen-bond acceptors (Lipinski definition) is 2. The third-order valence-electron chi connectivity index (χ3n) is 2.66. The molecular weight excluding hydrogens is 240 g/mol. The van der Waals surface area contributed by atoms with Crippen LogP contribution in [0.3, 0.4) is 0 Å². The summed E-state index contributed by atoms with van der Waals surface area (Å²) in [6.07, 6.45) is 2.50. The molecule has 1 aromatic carbocycles. The Morgan fingerprint density at radius 3 is 2.42 bits per heavy atom. The van der Waals surface area contributed by atoms with Crippen LogP contribution in [0.5, 0.6) is 0 Å². The summed E-state index contributed by atoms with van der Waals surface area (Å²) in [4.78, 5) is 23.2. The molecule has 0 saturated carbocycles. The second-order valence-corrected chi connectivity index (χ2v) is 4.43. The van der Waals surface area contributed by atoms with Crippen LogP contribution in [0.1, 0.15) is 32.8 Å². The molecule has 0 radical (unpaired) electrons. The molecule has 0 saturated heterocycles. The Bertz CT molecular complexity index is 466. The zero-order valence-corrected chi connectivity index (χ0v) is 11.6. The summed E-state index contributed by atoms with van der Waals surface area (Å²) < 4.78 is 0. The number of benzene rings is 1. The molecule has 0 heterocycles. The largest absolute Gasteiger partial charge is 0.348 e. The number of amides is 2. The fraction of sp³-hybridized carbons (Fsp3) is 0.333. The lowest BCUT2D eigenvalue weighted by molar-refractivity contribution is -0.122. The number of carbonyl (C=O) groups is 2. The highest BCUT2D eigenvalue weighted by atomic mass is 16.2. The molecule has 1 rings (SSSR count). The predicted molar refractivity (Wildman–Crippen MR) is 76.1 cm³/mol. The van der Waals surface area contributed by atoms with Crippen LogP contribution in [0.15, 0.2) is 36.0 Å². The summed E-state index contributed by atoms with van der Waals surface area (Å²) in [6.45, 7) is 5.30. The third kappa shape index (κ3) is 5.38. The van der Waals surface area contributed by atoms with E-state index in [0.29, 0.717) is 0 Å². The van der Waals surface area contributed by atoms with Crippen molar-refractivity contribution in [3.05, 3.63) is 41.6 Å². The summed E-state index contributed by atoms with van der Waals surface area (Å²) in [7, 11) is 0. The van der Waals surface area contributed by atoms with E-state index in [0.717, 1.165) is 12.0 Å². The maximum atomic E-state index is 12.1. The molecule has 0 fully saturated rings. The molecule has 0 aliphatic rings. The van der Waals surface area contributed by atoms with Crippen LogP contribution in [-0.2, 0) is 9.59 Å². The van der Waals surface area contributed by atoms with E-state index in [1.54, 1.807) is 6.08 Å². The van der Waals surface area contributed by atoms with Crippen molar-refractivity contribution in [2.45, 2.75) is 33.2 Å². The Hall–Kier alpha value is -2.10. The van der Waals surface area contributed by atoms with Gasteiger partial charge in [-0.25, -0.2) is 0 Å². The van der Waals surface area contributed by atoms with Crippen LogP contribution in [-0.4, -0.2) is 17.9 Å². The van der Waals surface area contributed by atoms with E-state index in [1.165, 1.54) is 6.92 Å². The van der Waals surface area contributed by atoms with E-state index in [2.05, 4.69) is 10.6 Å². The smallest absolute Gasteiger partial charge is 0.268 e. The van der Waals surface area contributed by atoms with Crippen molar-refractivity contribution in [1.82, 2.24) is 10.6 Å². The molecule has 0 spiro atoms. The Labute approximate surface area is 113 Å². The van der Waals surface area contributed by atoms with Gasteiger partial charge in [0.15, 0.2) is 0 Å². The van der Waals surface area contributed by atoms with Gasteiger partial charge >= 0.3 is 0 Å². The van der Waals surface area contributed by atoms with Crippen LogP contribution in [0.25, 0.3) is 6.08 Å². The minimum Gasteiger partial charge on any atom is -0.348 e. The molecule has 102 valence electrons. The van der Waals surface area contributed by atoms with Crippen molar-refractivity contribution < 1.29 is 9.59 Å². The standard InChI is InChI=1S/C15H20N2O2/c1-4-11(2)16-15(19)14(17-12(3)18)10-13-8-6-5-7-9-13/h5-11H,4H2,1-3H3,(H,16,19)(H,17,18). The monoisotopic (exact) mass is 260 g/mol. The molecule has 1 unspecified atom stereocenters. The molecule has 0 aromatic heterocycles.